The van der Waals surface area contributed by atoms with Crippen molar-refractivity contribution in [2.75, 3.05) is 33.7 Å². The third-order valence-corrected chi connectivity index (χ3v) is 4.02. The molecule has 2 rings (SSSR count). The molecule has 0 saturated carbocycles. The highest BCUT2D eigenvalue weighted by molar-refractivity contribution is 5.11. The molecule has 1 aliphatic heterocycles. The molecule has 0 aromatic carbocycles. The Morgan fingerprint density at radius 3 is 2.90 bits per heavy atom. The number of piperidine rings is 1. The summed E-state index contributed by atoms with van der Waals surface area (Å²) in [5.74, 6) is 0. The third-order valence-electron chi connectivity index (χ3n) is 4.02. The summed E-state index contributed by atoms with van der Waals surface area (Å²) in [5, 5.41) is 3.33. The summed E-state index contributed by atoms with van der Waals surface area (Å²) in [7, 11) is 4.37. The Hall–Kier alpha value is -0.970. The zero-order valence-corrected chi connectivity index (χ0v) is 13.1. The summed E-state index contributed by atoms with van der Waals surface area (Å²) in [6.45, 7) is 7.31. The maximum absolute atomic E-state index is 4.76. The van der Waals surface area contributed by atoms with Crippen LogP contribution in [0.15, 0.2) is 18.2 Å². The maximum Gasteiger partial charge on any atom is 0.0547 e. The zero-order valence-electron chi connectivity index (χ0n) is 13.1. The molecule has 0 spiro atoms. The van der Waals surface area contributed by atoms with Crippen LogP contribution in [0.25, 0.3) is 0 Å². The Labute approximate surface area is 123 Å². The van der Waals surface area contributed by atoms with Crippen molar-refractivity contribution in [2.45, 2.75) is 38.9 Å². The Morgan fingerprint density at radius 2 is 2.15 bits per heavy atom. The van der Waals surface area contributed by atoms with Crippen molar-refractivity contribution in [1.82, 2.24) is 20.1 Å². The van der Waals surface area contributed by atoms with Gasteiger partial charge in [-0.05, 0) is 52.2 Å². The molecule has 1 saturated heterocycles. The van der Waals surface area contributed by atoms with Gasteiger partial charge in [-0.15, -0.1) is 0 Å². The van der Waals surface area contributed by atoms with E-state index >= 15 is 0 Å². The molecule has 20 heavy (non-hydrogen) atoms. The van der Waals surface area contributed by atoms with E-state index in [0.717, 1.165) is 31.9 Å². The Morgan fingerprint density at radius 1 is 1.35 bits per heavy atom. The highest BCUT2D eigenvalue weighted by atomic mass is 15.2. The predicted octanol–water partition coefficient (Wildman–Crippen LogP) is 1.72. The van der Waals surface area contributed by atoms with Crippen molar-refractivity contribution < 1.29 is 0 Å². The SMILES string of the molecule is CCNCc1cccc(CN2CCCC(N(C)C)C2)n1. The normalized spacial score (nSPS) is 20.5. The fourth-order valence-corrected chi connectivity index (χ4v) is 2.79. The molecule has 1 unspecified atom stereocenters. The molecule has 0 radical (unpaired) electrons. The fourth-order valence-electron chi connectivity index (χ4n) is 2.79. The van der Waals surface area contributed by atoms with E-state index in [2.05, 4.69) is 54.3 Å². The molecule has 2 heterocycles. The predicted molar refractivity (Wildman–Crippen MR) is 83.6 cm³/mol. The first-order valence-corrected chi connectivity index (χ1v) is 7.73. The number of likely N-dealkylation sites (N-methyl/N-ethyl adjacent to an activating group) is 1. The molecule has 0 amide bonds. The molecule has 1 aliphatic rings. The first kappa shape index (κ1) is 15.4. The molecule has 0 aliphatic carbocycles. The Kier molecular flexibility index (Phi) is 5.95. The average molecular weight is 276 g/mol. The molecule has 1 aromatic heterocycles. The summed E-state index contributed by atoms with van der Waals surface area (Å²) in [4.78, 5) is 9.64. The first-order chi connectivity index (χ1) is 9.69. The van der Waals surface area contributed by atoms with Crippen LogP contribution in [0.1, 0.15) is 31.2 Å². The standard InChI is InChI=1S/C16H28N4/c1-4-17-11-14-7-5-8-15(18-14)12-20-10-6-9-16(13-20)19(2)3/h5,7-8,16-17H,4,6,9-13H2,1-3H3. The van der Waals surface area contributed by atoms with Gasteiger partial charge in [0.05, 0.1) is 11.4 Å². The van der Waals surface area contributed by atoms with E-state index in [1.54, 1.807) is 0 Å². The molecule has 4 heteroatoms. The number of aromatic nitrogens is 1. The lowest BCUT2D eigenvalue weighted by atomic mass is 10.0. The first-order valence-electron chi connectivity index (χ1n) is 7.73. The molecule has 4 nitrogen and oxygen atoms in total. The van der Waals surface area contributed by atoms with Crippen molar-refractivity contribution >= 4 is 0 Å². The summed E-state index contributed by atoms with van der Waals surface area (Å²) >= 11 is 0. The van der Waals surface area contributed by atoms with Crippen LogP contribution < -0.4 is 5.32 Å². The van der Waals surface area contributed by atoms with Crippen LogP contribution >= 0.6 is 0 Å². The van der Waals surface area contributed by atoms with Crippen molar-refractivity contribution in [1.29, 1.82) is 0 Å². The summed E-state index contributed by atoms with van der Waals surface area (Å²) in [5.41, 5.74) is 2.34. The topological polar surface area (TPSA) is 31.4 Å². The number of hydrogen-bond donors (Lipinski definition) is 1. The number of nitrogens with zero attached hydrogens (tertiary/aromatic N) is 3. The molecule has 1 aromatic rings. The number of nitrogens with one attached hydrogen (secondary N) is 1. The van der Waals surface area contributed by atoms with E-state index in [0.29, 0.717) is 6.04 Å². The van der Waals surface area contributed by atoms with Gasteiger partial charge in [0.15, 0.2) is 0 Å². The minimum absolute atomic E-state index is 0.689. The summed E-state index contributed by atoms with van der Waals surface area (Å²) in [6, 6.07) is 7.07. The van der Waals surface area contributed by atoms with Gasteiger partial charge in [-0.3, -0.25) is 9.88 Å². The van der Waals surface area contributed by atoms with Crippen molar-refractivity contribution in [3.63, 3.8) is 0 Å². The van der Waals surface area contributed by atoms with Gasteiger partial charge in [0, 0.05) is 25.7 Å². The number of hydrogen-bond acceptors (Lipinski definition) is 4. The molecule has 0 bridgehead atoms. The van der Waals surface area contributed by atoms with E-state index in [9.17, 15) is 0 Å². The summed E-state index contributed by atoms with van der Waals surface area (Å²) < 4.78 is 0. The lowest BCUT2D eigenvalue weighted by molar-refractivity contribution is 0.127. The molecule has 1 fully saturated rings. The van der Waals surface area contributed by atoms with Gasteiger partial charge in [0.1, 0.15) is 0 Å². The van der Waals surface area contributed by atoms with Gasteiger partial charge < -0.3 is 10.2 Å². The molecule has 1 N–H and O–H groups in total. The molecular weight excluding hydrogens is 248 g/mol. The van der Waals surface area contributed by atoms with Crippen LogP contribution in [-0.4, -0.2) is 54.6 Å². The van der Waals surface area contributed by atoms with Gasteiger partial charge in [-0.25, -0.2) is 0 Å². The lowest BCUT2D eigenvalue weighted by Gasteiger charge is -2.35. The second-order valence-corrected chi connectivity index (χ2v) is 5.90. The van der Waals surface area contributed by atoms with Crippen LogP contribution in [0.4, 0.5) is 0 Å². The van der Waals surface area contributed by atoms with Gasteiger partial charge in [0.25, 0.3) is 0 Å². The minimum atomic E-state index is 0.689. The van der Waals surface area contributed by atoms with Crippen molar-refractivity contribution in [3.8, 4) is 0 Å². The second kappa shape index (κ2) is 7.72. The minimum Gasteiger partial charge on any atom is -0.311 e. The van der Waals surface area contributed by atoms with Gasteiger partial charge in [0.2, 0.25) is 0 Å². The quantitative estimate of drug-likeness (QED) is 0.857. The Bertz CT molecular complexity index is 405. The maximum atomic E-state index is 4.76. The van der Waals surface area contributed by atoms with Gasteiger partial charge in [-0.1, -0.05) is 13.0 Å². The van der Waals surface area contributed by atoms with Crippen molar-refractivity contribution in [3.05, 3.63) is 29.6 Å². The number of likely N-dealkylation sites (tertiary alicyclic amines) is 1. The van der Waals surface area contributed by atoms with E-state index < -0.39 is 0 Å². The zero-order chi connectivity index (χ0) is 14.4. The largest absolute Gasteiger partial charge is 0.311 e. The van der Waals surface area contributed by atoms with Crippen LogP contribution in [0, 0.1) is 0 Å². The van der Waals surface area contributed by atoms with Crippen LogP contribution in [0.2, 0.25) is 0 Å². The third kappa shape index (κ3) is 4.54. The fraction of sp³-hybridized carbons (Fsp3) is 0.688. The van der Waals surface area contributed by atoms with Gasteiger partial charge in [-0.2, -0.15) is 0 Å². The molecule has 1 atom stereocenters. The molecular formula is C16H28N4. The highest BCUT2D eigenvalue weighted by Gasteiger charge is 2.21. The van der Waals surface area contributed by atoms with E-state index in [1.165, 1.54) is 25.1 Å². The highest BCUT2D eigenvalue weighted by Crippen LogP contribution is 2.15. The average Bonchev–Trinajstić information content (AvgIpc) is 2.46. The van der Waals surface area contributed by atoms with Crippen LogP contribution in [0.5, 0.6) is 0 Å². The van der Waals surface area contributed by atoms with E-state index in [1.807, 2.05) is 0 Å². The lowest BCUT2D eigenvalue weighted by Crippen LogP contribution is -2.44. The number of rotatable bonds is 6. The van der Waals surface area contributed by atoms with Crippen LogP contribution in [-0.2, 0) is 13.1 Å². The smallest absolute Gasteiger partial charge is 0.0547 e. The Balaban J connectivity index is 1.92. The monoisotopic (exact) mass is 276 g/mol. The van der Waals surface area contributed by atoms with E-state index in [-0.39, 0.29) is 0 Å². The molecule has 112 valence electrons. The van der Waals surface area contributed by atoms with Crippen LogP contribution in [0.3, 0.4) is 0 Å². The van der Waals surface area contributed by atoms with Crippen molar-refractivity contribution in [2.24, 2.45) is 0 Å². The van der Waals surface area contributed by atoms with E-state index in [4.69, 9.17) is 4.98 Å². The summed E-state index contributed by atoms with van der Waals surface area (Å²) in [6.07, 6.45) is 2.61. The number of pyridine rings is 1. The van der Waals surface area contributed by atoms with Gasteiger partial charge >= 0.3 is 0 Å². The second-order valence-electron chi connectivity index (χ2n) is 5.90.